The molecule has 1 unspecified atom stereocenters. The summed E-state index contributed by atoms with van der Waals surface area (Å²) in [4.78, 5) is 28.3. The van der Waals surface area contributed by atoms with Gasteiger partial charge in [-0.15, -0.1) is 0 Å². The van der Waals surface area contributed by atoms with Crippen LogP contribution < -0.4 is 10.9 Å². The second kappa shape index (κ2) is 6.85. The van der Waals surface area contributed by atoms with E-state index >= 15 is 0 Å². The summed E-state index contributed by atoms with van der Waals surface area (Å²) in [6, 6.07) is 8.69. The van der Waals surface area contributed by atoms with Crippen LogP contribution in [0.3, 0.4) is 0 Å². The van der Waals surface area contributed by atoms with Gasteiger partial charge in [-0.2, -0.15) is 4.98 Å². The van der Waals surface area contributed by atoms with Gasteiger partial charge in [0.25, 0.3) is 5.56 Å². The quantitative estimate of drug-likeness (QED) is 0.564. The number of nitrogens with one attached hydrogen (secondary N) is 2. The van der Waals surface area contributed by atoms with Crippen molar-refractivity contribution < 1.29 is 0 Å². The molecule has 0 aliphatic rings. The Balaban J connectivity index is 1.64. The van der Waals surface area contributed by atoms with Crippen molar-refractivity contribution in [3.05, 3.63) is 75.7 Å². The normalized spacial score (nSPS) is 12.3. The first-order valence-corrected chi connectivity index (χ1v) is 8.80. The largest absolute Gasteiger partial charge is 0.347 e. The fraction of sp³-hybridized carbons (Fsp3) is 0.158. The third kappa shape index (κ3) is 3.54. The van der Waals surface area contributed by atoms with Crippen molar-refractivity contribution >= 4 is 28.5 Å². The van der Waals surface area contributed by atoms with Gasteiger partial charge in [0, 0.05) is 33.9 Å². The summed E-state index contributed by atoms with van der Waals surface area (Å²) in [5, 5.41) is 4.67. The Kier molecular flexibility index (Phi) is 4.37. The maximum Gasteiger partial charge on any atom is 0.253 e. The summed E-state index contributed by atoms with van der Waals surface area (Å²) in [5.74, 6) is 1.12. The number of aromatic amines is 1. The minimum Gasteiger partial charge on any atom is -0.347 e. The maximum atomic E-state index is 12.5. The molecule has 4 aromatic rings. The molecule has 0 radical (unpaired) electrons. The van der Waals surface area contributed by atoms with Gasteiger partial charge in [0.2, 0.25) is 5.95 Å². The molecule has 0 aliphatic carbocycles. The molecule has 0 amide bonds. The van der Waals surface area contributed by atoms with E-state index in [1.54, 1.807) is 30.7 Å². The average Bonchev–Trinajstić information content (AvgIpc) is 3.08. The van der Waals surface area contributed by atoms with Gasteiger partial charge >= 0.3 is 0 Å². The standard InChI is InChI=1S/C19H17ClN6O/c1-11-9-26(10-22-11)17-5-6-21-19(25-17)23-12(2)15-8-13-7-14(20)3-4-16(13)24-18(15)27/h3-10,12H,1-2H3,(H,24,27)(H,21,23,25). The molecule has 4 rings (SSSR count). The summed E-state index contributed by atoms with van der Waals surface area (Å²) < 4.78 is 1.82. The van der Waals surface area contributed by atoms with E-state index in [0.29, 0.717) is 22.4 Å². The molecule has 0 spiro atoms. The van der Waals surface area contributed by atoms with Crippen molar-refractivity contribution in [3.63, 3.8) is 0 Å². The van der Waals surface area contributed by atoms with Crippen LogP contribution in [0.1, 0.15) is 24.2 Å². The molecule has 1 aromatic carbocycles. The van der Waals surface area contributed by atoms with E-state index in [1.165, 1.54) is 0 Å². The fourth-order valence-corrected chi connectivity index (χ4v) is 3.08. The first-order chi connectivity index (χ1) is 13.0. The Morgan fingerprint density at radius 1 is 1.22 bits per heavy atom. The Labute approximate surface area is 160 Å². The molecule has 0 fully saturated rings. The number of benzene rings is 1. The summed E-state index contributed by atoms with van der Waals surface area (Å²) in [5.41, 5.74) is 2.07. The lowest BCUT2D eigenvalue weighted by molar-refractivity contribution is 0.838. The molecular formula is C19H17ClN6O. The van der Waals surface area contributed by atoms with Crippen LogP contribution in [0, 0.1) is 6.92 Å². The molecule has 0 bridgehead atoms. The number of hydrogen-bond acceptors (Lipinski definition) is 5. The van der Waals surface area contributed by atoms with Crippen molar-refractivity contribution in [2.45, 2.75) is 19.9 Å². The minimum atomic E-state index is -0.295. The van der Waals surface area contributed by atoms with Crippen molar-refractivity contribution in [2.24, 2.45) is 0 Å². The third-order valence-electron chi connectivity index (χ3n) is 4.26. The SMILES string of the molecule is Cc1cn(-c2ccnc(NC(C)c3cc4cc(Cl)ccc4[nH]c3=O)n2)cn1. The summed E-state index contributed by atoms with van der Waals surface area (Å²) in [7, 11) is 0. The number of hydrogen-bond donors (Lipinski definition) is 2. The Morgan fingerprint density at radius 2 is 2.07 bits per heavy atom. The molecular weight excluding hydrogens is 364 g/mol. The number of H-pyrrole nitrogens is 1. The first kappa shape index (κ1) is 17.2. The highest BCUT2D eigenvalue weighted by Gasteiger charge is 2.13. The van der Waals surface area contributed by atoms with Crippen molar-refractivity contribution in [1.82, 2.24) is 24.5 Å². The second-order valence-electron chi connectivity index (χ2n) is 6.31. The van der Waals surface area contributed by atoms with E-state index in [4.69, 9.17) is 11.6 Å². The summed E-state index contributed by atoms with van der Waals surface area (Å²) >= 11 is 6.06. The Hall–Kier alpha value is -3.19. The van der Waals surface area contributed by atoms with E-state index < -0.39 is 0 Å². The number of rotatable bonds is 4. The van der Waals surface area contributed by atoms with Gasteiger partial charge in [0.15, 0.2) is 0 Å². The average molecular weight is 381 g/mol. The minimum absolute atomic E-state index is 0.161. The van der Waals surface area contributed by atoms with E-state index in [1.807, 2.05) is 36.7 Å². The third-order valence-corrected chi connectivity index (χ3v) is 4.50. The molecule has 8 heteroatoms. The van der Waals surface area contributed by atoms with Gasteiger partial charge in [-0.1, -0.05) is 11.6 Å². The number of fused-ring (bicyclic) bond motifs is 1. The lowest BCUT2D eigenvalue weighted by Gasteiger charge is -2.14. The van der Waals surface area contributed by atoms with Gasteiger partial charge in [0.1, 0.15) is 12.1 Å². The molecule has 2 N–H and O–H groups in total. The molecule has 0 saturated carbocycles. The summed E-state index contributed by atoms with van der Waals surface area (Å²) in [6.07, 6.45) is 5.24. The van der Waals surface area contributed by atoms with Crippen molar-refractivity contribution in [1.29, 1.82) is 0 Å². The van der Waals surface area contributed by atoms with Crippen LogP contribution in [0.25, 0.3) is 16.7 Å². The number of halogens is 1. The molecule has 0 aliphatic heterocycles. The highest BCUT2D eigenvalue weighted by atomic mass is 35.5. The van der Waals surface area contributed by atoms with Gasteiger partial charge < -0.3 is 10.3 Å². The molecule has 3 heterocycles. The molecule has 0 saturated heterocycles. The smallest absolute Gasteiger partial charge is 0.253 e. The van der Waals surface area contributed by atoms with E-state index in [0.717, 1.165) is 16.6 Å². The molecule has 7 nitrogen and oxygen atoms in total. The fourth-order valence-electron chi connectivity index (χ4n) is 2.90. The van der Waals surface area contributed by atoms with Gasteiger partial charge in [-0.25, -0.2) is 9.97 Å². The van der Waals surface area contributed by atoms with Crippen LogP contribution in [0.15, 0.2) is 53.8 Å². The number of nitrogens with zero attached hydrogens (tertiary/aromatic N) is 4. The lowest BCUT2D eigenvalue weighted by atomic mass is 10.1. The number of pyridine rings is 1. The molecule has 27 heavy (non-hydrogen) atoms. The first-order valence-electron chi connectivity index (χ1n) is 8.42. The second-order valence-corrected chi connectivity index (χ2v) is 6.75. The van der Waals surface area contributed by atoms with E-state index in [9.17, 15) is 4.79 Å². The predicted molar refractivity (Wildman–Crippen MR) is 106 cm³/mol. The number of anilines is 1. The number of aryl methyl sites for hydroxylation is 1. The molecule has 136 valence electrons. The highest BCUT2D eigenvalue weighted by Crippen LogP contribution is 2.21. The van der Waals surface area contributed by atoms with E-state index in [2.05, 4.69) is 25.3 Å². The highest BCUT2D eigenvalue weighted by molar-refractivity contribution is 6.31. The van der Waals surface area contributed by atoms with Crippen molar-refractivity contribution in [2.75, 3.05) is 5.32 Å². The van der Waals surface area contributed by atoms with Gasteiger partial charge in [0.05, 0.1) is 11.7 Å². The Morgan fingerprint density at radius 3 is 2.85 bits per heavy atom. The van der Waals surface area contributed by atoms with Gasteiger partial charge in [-0.05, 0) is 44.2 Å². The zero-order chi connectivity index (χ0) is 19.0. The maximum absolute atomic E-state index is 12.5. The zero-order valence-electron chi connectivity index (χ0n) is 14.8. The lowest BCUT2D eigenvalue weighted by Crippen LogP contribution is -2.20. The van der Waals surface area contributed by atoms with Crippen LogP contribution in [-0.4, -0.2) is 24.5 Å². The zero-order valence-corrected chi connectivity index (χ0v) is 15.5. The van der Waals surface area contributed by atoms with Crippen LogP contribution in [0.5, 0.6) is 0 Å². The number of aromatic nitrogens is 5. The monoisotopic (exact) mass is 380 g/mol. The van der Waals surface area contributed by atoms with Crippen molar-refractivity contribution in [3.8, 4) is 5.82 Å². The Bertz CT molecular complexity index is 1180. The van der Waals surface area contributed by atoms with Crippen LogP contribution in [0.2, 0.25) is 5.02 Å². The molecule has 1 atom stereocenters. The topological polar surface area (TPSA) is 88.5 Å². The van der Waals surface area contributed by atoms with Gasteiger partial charge in [-0.3, -0.25) is 9.36 Å². The van der Waals surface area contributed by atoms with Crippen LogP contribution in [-0.2, 0) is 0 Å². The van der Waals surface area contributed by atoms with Crippen LogP contribution >= 0.6 is 11.6 Å². The van der Waals surface area contributed by atoms with Crippen LogP contribution in [0.4, 0.5) is 5.95 Å². The molecule has 3 aromatic heterocycles. The van der Waals surface area contributed by atoms with E-state index in [-0.39, 0.29) is 11.6 Å². The predicted octanol–water partition coefficient (Wildman–Crippen LogP) is 3.64. The summed E-state index contributed by atoms with van der Waals surface area (Å²) in [6.45, 7) is 3.80. The number of imidazole rings is 1.